The number of aliphatic imine (C=N–C) groups is 1. The van der Waals surface area contributed by atoms with Gasteiger partial charge in [-0.05, 0) is 18.4 Å². The van der Waals surface area contributed by atoms with E-state index in [2.05, 4.69) is 15.3 Å². The van der Waals surface area contributed by atoms with Gasteiger partial charge in [-0.3, -0.25) is 0 Å². The van der Waals surface area contributed by atoms with Gasteiger partial charge in [0.05, 0.1) is 0 Å². The molecule has 0 radical (unpaired) electrons. The first-order valence-corrected chi connectivity index (χ1v) is 5.74. The molecule has 0 atom stereocenters. The number of thioether (sulfide) groups is 1. The molecular weight excluding hydrogens is 255 g/mol. The van der Waals surface area contributed by atoms with Crippen LogP contribution in [0.3, 0.4) is 0 Å². The highest BCUT2D eigenvalue weighted by Crippen LogP contribution is 2.19. The summed E-state index contributed by atoms with van der Waals surface area (Å²) >= 11 is 12.7. The highest BCUT2D eigenvalue weighted by Gasteiger charge is 2.02. The number of nitrogens with one attached hydrogen (secondary N) is 1. The van der Waals surface area contributed by atoms with Crippen LogP contribution in [0.4, 0.5) is 5.69 Å². The molecule has 0 amide bonds. The van der Waals surface area contributed by atoms with Crippen LogP contribution in [-0.2, 0) is 0 Å². The van der Waals surface area contributed by atoms with Gasteiger partial charge in [-0.2, -0.15) is 5.26 Å². The highest BCUT2D eigenvalue weighted by molar-refractivity contribution is 8.13. The van der Waals surface area contributed by atoms with Crippen molar-refractivity contribution in [3.05, 3.63) is 22.4 Å². The SMILES string of the molecule is CS/C(=N\C#N)Nc1cc(Cl)nc(Cl)c1. The highest BCUT2D eigenvalue weighted by atomic mass is 35.5. The van der Waals surface area contributed by atoms with Gasteiger partial charge in [0.15, 0.2) is 5.17 Å². The second kappa shape index (κ2) is 5.81. The zero-order chi connectivity index (χ0) is 11.3. The Morgan fingerprint density at radius 1 is 1.53 bits per heavy atom. The lowest BCUT2D eigenvalue weighted by molar-refractivity contribution is 1.33. The van der Waals surface area contributed by atoms with Crippen LogP contribution in [0.5, 0.6) is 0 Å². The number of nitriles is 1. The van der Waals surface area contributed by atoms with Gasteiger partial charge in [0, 0.05) is 5.69 Å². The van der Waals surface area contributed by atoms with Crippen LogP contribution in [0.15, 0.2) is 17.1 Å². The van der Waals surface area contributed by atoms with Gasteiger partial charge in [-0.15, -0.1) is 4.99 Å². The molecule has 1 aromatic heterocycles. The Morgan fingerprint density at radius 3 is 2.60 bits per heavy atom. The van der Waals surface area contributed by atoms with Crippen LogP contribution in [0.25, 0.3) is 0 Å². The lowest BCUT2D eigenvalue weighted by Gasteiger charge is -2.05. The molecule has 0 bridgehead atoms. The van der Waals surface area contributed by atoms with Crippen molar-refractivity contribution in [2.75, 3.05) is 11.6 Å². The van der Waals surface area contributed by atoms with Crippen molar-refractivity contribution in [3.8, 4) is 6.19 Å². The standard InChI is InChI=1S/C8H6Cl2N4S/c1-15-8(12-4-11)13-5-2-6(9)14-7(10)3-5/h2-3H,1H3,(H,12,13,14). The van der Waals surface area contributed by atoms with Crippen molar-refractivity contribution >= 4 is 45.8 Å². The van der Waals surface area contributed by atoms with Crippen molar-refractivity contribution < 1.29 is 0 Å². The number of hydrogen-bond donors (Lipinski definition) is 1. The largest absolute Gasteiger partial charge is 0.334 e. The quantitative estimate of drug-likeness (QED) is 0.365. The summed E-state index contributed by atoms with van der Waals surface area (Å²) in [4.78, 5) is 7.36. The lowest BCUT2D eigenvalue weighted by Crippen LogP contribution is -2.06. The normalized spacial score (nSPS) is 10.9. The summed E-state index contributed by atoms with van der Waals surface area (Å²) in [5, 5.41) is 12.3. The van der Waals surface area contributed by atoms with Crippen molar-refractivity contribution in [3.63, 3.8) is 0 Å². The summed E-state index contributed by atoms with van der Waals surface area (Å²) in [6.07, 6.45) is 3.49. The van der Waals surface area contributed by atoms with Gasteiger partial charge in [-0.25, -0.2) is 4.98 Å². The van der Waals surface area contributed by atoms with Gasteiger partial charge < -0.3 is 5.32 Å². The third kappa shape index (κ3) is 3.96. The number of anilines is 1. The van der Waals surface area contributed by atoms with Crippen molar-refractivity contribution in [2.45, 2.75) is 0 Å². The number of nitrogens with zero attached hydrogens (tertiary/aromatic N) is 3. The second-order valence-electron chi connectivity index (χ2n) is 2.35. The molecule has 78 valence electrons. The van der Waals surface area contributed by atoms with Gasteiger partial charge >= 0.3 is 0 Å². The molecule has 1 N–H and O–H groups in total. The molecule has 1 heterocycles. The van der Waals surface area contributed by atoms with Crippen LogP contribution < -0.4 is 5.32 Å². The molecule has 0 aliphatic heterocycles. The van der Waals surface area contributed by atoms with Crippen LogP contribution in [0.2, 0.25) is 10.3 Å². The third-order valence-electron chi connectivity index (χ3n) is 1.36. The first-order valence-electron chi connectivity index (χ1n) is 3.76. The summed E-state index contributed by atoms with van der Waals surface area (Å²) in [5.41, 5.74) is 0.642. The fourth-order valence-corrected chi connectivity index (χ4v) is 1.64. The molecule has 0 aliphatic rings. The van der Waals surface area contributed by atoms with E-state index in [9.17, 15) is 0 Å². The molecule has 0 aliphatic carbocycles. The number of aromatic nitrogens is 1. The van der Waals surface area contributed by atoms with E-state index in [1.165, 1.54) is 11.8 Å². The average molecular weight is 261 g/mol. The molecule has 0 saturated carbocycles. The minimum absolute atomic E-state index is 0.280. The van der Waals surface area contributed by atoms with Crippen LogP contribution >= 0.6 is 35.0 Å². The van der Waals surface area contributed by atoms with E-state index in [-0.39, 0.29) is 10.3 Å². The molecule has 7 heteroatoms. The maximum atomic E-state index is 8.40. The van der Waals surface area contributed by atoms with Crippen molar-refractivity contribution in [1.82, 2.24) is 4.98 Å². The summed E-state index contributed by atoms with van der Waals surface area (Å²) in [5.74, 6) is 0. The van der Waals surface area contributed by atoms with E-state index in [0.29, 0.717) is 10.9 Å². The topological polar surface area (TPSA) is 61.1 Å². The Balaban J connectivity index is 2.89. The first-order chi connectivity index (χ1) is 7.15. The Hall–Kier alpha value is -0.960. The van der Waals surface area contributed by atoms with Gasteiger partial charge in [0.25, 0.3) is 0 Å². The first kappa shape index (κ1) is 12.1. The minimum Gasteiger partial charge on any atom is -0.334 e. The fraction of sp³-hybridized carbons (Fsp3) is 0.125. The molecule has 0 aromatic carbocycles. The fourth-order valence-electron chi connectivity index (χ4n) is 0.831. The van der Waals surface area contributed by atoms with E-state index in [1.54, 1.807) is 24.6 Å². The molecule has 0 saturated heterocycles. The number of pyridine rings is 1. The zero-order valence-electron chi connectivity index (χ0n) is 7.66. The van der Waals surface area contributed by atoms with E-state index >= 15 is 0 Å². The van der Waals surface area contributed by atoms with Gasteiger partial charge in [0.1, 0.15) is 10.3 Å². The summed E-state index contributed by atoms with van der Waals surface area (Å²) in [6.45, 7) is 0. The molecule has 1 aromatic rings. The Labute approximate surface area is 101 Å². The van der Waals surface area contributed by atoms with Crippen molar-refractivity contribution in [1.29, 1.82) is 5.26 Å². The van der Waals surface area contributed by atoms with Crippen LogP contribution in [0, 0.1) is 11.5 Å². The second-order valence-corrected chi connectivity index (χ2v) is 3.92. The van der Waals surface area contributed by atoms with E-state index < -0.39 is 0 Å². The third-order valence-corrected chi connectivity index (χ3v) is 2.33. The van der Waals surface area contributed by atoms with E-state index in [0.717, 1.165) is 0 Å². The predicted octanol–water partition coefficient (Wildman–Crippen LogP) is 3.00. The number of hydrogen-bond acceptors (Lipinski definition) is 4. The number of halogens is 2. The Kier molecular flexibility index (Phi) is 4.69. The Bertz CT molecular complexity index is 407. The number of rotatable bonds is 1. The maximum Gasteiger partial charge on any atom is 0.208 e. The zero-order valence-corrected chi connectivity index (χ0v) is 9.99. The van der Waals surface area contributed by atoms with Crippen LogP contribution in [-0.4, -0.2) is 16.4 Å². The molecule has 0 fully saturated rings. The van der Waals surface area contributed by atoms with E-state index in [1.807, 2.05) is 0 Å². The molecule has 15 heavy (non-hydrogen) atoms. The van der Waals surface area contributed by atoms with Crippen molar-refractivity contribution in [2.24, 2.45) is 4.99 Å². The van der Waals surface area contributed by atoms with E-state index in [4.69, 9.17) is 28.5 Å². The Morgan fingerprint density at radius 2 is 2.13 bits per heavy atom. The van der Waals surface area contributed by atoms with Crippen LogP contribution in [0.1, 0.15) is 0 Å². The van der Waals surface area contributed by atoms with Gasteiger partial charge in [-0.1, -0.05) is 35.0 Å². The lowest BCUT2D eigenvalue weighted by atomic mass is 10.4. The molecule has 0 unspecified atom stereocenters. The molecule has 1 rings (SSSR count). The minimum atomic E-state index is 0.280. The molecule has 0 spiro atoms. The predicted molar refractivity (Wildman–Crippen MR) is 64.4 cm³/mol. The summed E-state index contributed by atoms with van der Waals surface area (Å²) < 4.78 is 0. The monoisotopic (exact) mass is 260 g/mol. The van der Waals surface area contributed by atoms with Gasteiger partial charge in [0.2, 0.25) is 6.19 Å². The molecule has 4 nitrogen and oxygen atoms in total. The number of amidine groups is 1. The maximum absolute atomic E-state index is 8.40. The summed E-state index contributed by atoms with van der Waals surface area (Å²) in [6, 6.07) is 3.19. The molecular formula is C8H6Cl2N4S. The summed E-state index contributed by atoms with van der Waals surface area (Å²) in [7, 11) is 0. The smallest absolute Gasteiger partial charge is 0.208 e. The average Bonchev–Trinajstić information content (AvgIpc) is 2.15.